The first kappa shape index (κ1) is 17.1. The van der Waals surface area contributed by atoms with E-state index in [-0.39, 0.29) is 0 Å². The van der Waals surface area contributed by atoms with Gasteiger partial charge >= 0.3 is 0 Å². The lowest BCUT2D eigenvalue weighted by molar-refractivity contribution is -0.123. The number of methoxy groups -OCH3 is 1. The highest BCUT2D eigenvalue weighted by atomic mass is 19.1. The molecule has 0 spiro atoms. The molecule has 1 saturated heterocycles. The Morgan fingerprint density at radius 2 is 1.74 bits per heavy atom. The molecule has 7 nitrogen and oxygen atoms in total. The zero-order valence-corrected chi connectivity index (χ0v) is 14.6. The molecule has 27 heavy (non-hydrogen) atoms. The van der Waals surface area contributed by atoms with Crippen LogP contribution in [0.2, 0.25) is 0 Å². The summed E-state index contributed by atoms with van der Waals surface area (Å²) in [6.07, 6.45) is 0.643. The Labute approximate surface area is 155 Å². The van der Waals surface area contributed by atoms with Crippen LogP contribution in [0.4, 0.5) is 10.1 Å². The summed E-state index contributed by atoms with van der Waals surface area (Å²) < 4.78 is 18.3. The minimum Gasteiger partial charge on any atom is -0.497 e. The maximum atomic E-state index is 13.1. The van der Waals surface area contributed by atoms with E-state index in [2.05, 4.69) is 10.3 Å². The SMILES string of the molecule is COc1ccc(CCN2N=N[C@@H]3C(=O)N(c4ccc(F)cc4)C(=O)[C@H]32)cc1. The molecular formula is C19H17FN4O3. The number of carbonyl (C=O) groups is 2. The van der Waals surface area contributed by atoms with E-state index in [9.17, 15) is 14.0 Å². The third kappa shape index (κ3) is 3.03. The number of amides is 2. The number of hydrogen-bond donors (Lipinski definition) is 0. The second-order valence-corrected chi connectivity index (χ2v) is 6.34. The Morgan fingerprint density at radius 3 is 2.41 bits per heavy atom. The summed E-state index contributed by atoms with van der Waals surface area (Å²) in [5.74, 6) is -0.492. The Bertz CT molecular complexity index is 898. The Kier molecular flexibility index (Phi) is 4.31. The lowest BCUT2D eigenvalue weighted by Crippen LogP contribution is -2.40. The number of hydrogen-bond acceptors (Lipinski definition) is 6. The summed E-state index contributed by atoms with van der Waals surface area (Å²) in [5, 5.41) is 9.56. The van der Waals surface area contributed by atoms with Crippen molar-refractivity contribution in [3.63, 3.8) is 0 Å². The number of fused-ring (bicyclic) bond motifs is 1. The van der Waals surface area contributed by atoms with Gasteiger partial charge in [-0.3, -0.25) is 14.6 Å². The molecule has 0 saturated carbocycles. The average Bonchev–Trinajstić information content (AvgIpc) is 3.21. The molecule has 4 rings (SSSR count). The summed E-state index contributed by atoms with van der Waals surface area (Å²) in [4.78, 5) is 26.5. The molecule has 2 aliphatic rings. The van der Waals surface area contributed by atoms with E-state index in [0.29, 0.717) is 18.7 Å². The molecule has 0 aliphatic carbocycles. The van der Waals surface area contributed by atoms with Gasteiger partial charge in [0.1, 0.15) is 11.6 Å². The standard InChI is InChI=1S/C19H17FN4O3/c1-27-15-8-2-12(3-9-15)10-11-23-17-16(21-22-23)18(25)24(19(17)26)14-6-4-13(20)5-7-14/h2-9,16-17H,10-11H2,1H3/t16-,17-/m0/s1. The predicted octanol–water partition coefficient (Wildman–Crippen LogP) is 2.37. The fourth-order valence-corrected chi connectivity index (χ4v) is 3.29. The first-order valence-electron chi connectivity index (χ1n) is 8.52. The van der Waals surface area contributed by atoms with Crippen molar-refractivity contribution in [2.45, 2.75) is 18.5 Å². The molecule has 0 unspecified atom stereocenters. The summed E-state index contributed by atoms with van der Waals surface area (Å²) in [6, 6.07) is 11.3. The van der Waals surface area contributed by atoms with Gasteiger partial charge in [0.15, 0.2) is 12.1 Å². The van der Waals surface area contributed by atoms with Crippen LogP contribution < -0.4 is 9.64 Å². The number of carbonyl (C=O) groups excluding carboxylic acids is 2. The fraction of sp³-hybridized carbons (Fsp3) is 0.263. The molecule has 2 aliphatic heterocycles. The molecule has 0 bridgehead atoms. The fourth-order valence-electron chi connectivity index (χ4n) is 3.29. The molecular weight excluding hydrogens is 351 g/mol. The number of rotatable bonds is 5. The molecule has 138 valence electrons. The summed E-state index contributed by atoms with van der Waals surface area (Å²) >= 11 is 0. The van der Waals surface area contributed by atoms with Crippen molar-refractivity contribution in [1.29, 1.82) is 0 Å². The first-order chi connectivity index (χ1) is 13.1. The molecule has 0 aromatic heterocycles. The van der Waals surface area contributed by atoms with Gasteiger partial charge in [-0.1, -0.05) is 17.4 Å². The van der Waals surface area contributed by atoms with Crippen LogP contribution >= 0.6 is 0 Å². The number of imide groups is 1. The predicted molar refractivity (Wildman–Crippen MR) is 94.7 cm³/mol. The van der Waals surface area contributed by atoms with Crippen molar-refractivity contribution in [2.24, 2.45) is 10.3 Å². The van der Waals surface area contributed by atoms with Gasteiger partial charge in [0.25, 0.3) is 11.8 Å². The van der Waals surface area contributed by atoms with E-state index < -0.39 is 29.7 Å². The lowest BCUT2D eigenvalue weighted by atomic mass is 10.1. The largest absolute Gasteiger partial charge is 0.497 e. The van der Waals surface area contributed by atoms with Gasteiger partial charge in [-0.15, -0.1) is 0 Å². The number of nitrogens with zero attached hydrogens (tertiary/aromatic N) is 4. The molecule has 0 radical (unpaired) electrons. The molecule has 2 aromatic carbocycles. The van der Waals surface area contributed by atoms with Crippen molar-refractivity contribution < 1.29 is 18.7 Å². The maximum absolute atomic E-state index is 13.1. The molecule has 1 fully saturated rings. The Hall–Kier alpha value is -3.29. The van der Waals surface area contributed by atoms with Crippen LogP contribution in [0.5, 0.6) is 5.75 Å². The minimum absolute atomic E-state index is 0.339. The number of ether oxygens (including phenoxy) is 1. The topological polar surface area (TPSA) is 74.6 Å². The van der Waals surface area contributed by atoms with Gasteiger partial charge < -0.3 is 4.74 Å². The molecule has 2 amide bonds. The number of benzene rings is 2. The molecule has 2 heterocycles. The zero-order valence-electron chi connectivity index (χ0n) is 14.6. The monoisotopic (exact) mass is 368 g/mol. The van der Waals surface area contributed by atoms with Crippen molar-refractivity contribution >= 4 is 17.5 Å². The normalized spacial score (nSPS) is 21.1. The van der Waals surface area contributed by atoms with E-state index in [0.717, 1.165) is 16.2 Å². The second-order valence-electron chi connectivity index (χ2n) is 6.34. The maximum Gasteiger partial charge on any atom is 0.263 e. The van der Waals surface area contributed by atoms with Crippen molar-refractivity contribution in [3.8, 4) is 5.75 Å². The average molecular weight is 368 g/mol. The highest BCUT2D eigenvalue weighted by Gasteiger charge is 2.54. The van der Waals surface area contributed by atoms with Crippen LogP contribution in [-0.2, 0) is 16.0 Å². The highest BCUT2D eigenvalue weighted by Crippen LogP contribution is 2.32. The van der Waals surface area contributed by atoms with Crippen LogP contribution in [0, 0.1) is 5.82 Å². The highest BCUT2D eigenvalue weighted by molar-refractivity contribution is 6.25. The van der Waals surface area contributed by atoms with Gasteiger partial charge in [0.05, 0.1) is 12.8 Å². The van der Waals surface area contributed by atoms with Crippen LogP contribution in [0.3, 0.4) is 0 Å². The van der Waals surface area contributed by atoms with E-state index >= 15 is 0 Å². The third-order valence-corrected chi connectivity index (χ3v) is 4.73. The molecule has 2 atom stereocenters. The minimum atomic E-state index is -0.849. The van der Waals surface area contributed by atoms with Crippen LogP contribution in [0.25, 0.3) is 0 Å². The van der Waals surface area contributed by atoms with Crippen LogP contribution in [0.1, 0.15) is 5.56 Å². The van der Waals surface area contributed by atoms with Crippen LogP contribution in [0.15, 0.2) is 58.9 Å². The van der Waals surface area contributed by atoms with Crippen LogP contribution in [-0.4, -0.2) is 42.6 Å². The van der Waals surface area contributed by atoms with E-state index in [1.807, 2.05) is 24.3 Å². The Morgan fingerprint density at radius 1 is 1.04 bits per heavy atom. The Balaban J connectivity index is 1.48. The van der Waals surface area contributed by atoms with Gasteiger partial charge in [-0.25, -0.2) is 9.29 Å². The van der Waals surface area contributed by atoms with Crippen molar-refractivity contribution in [2.75, 3.05) is 18.6 Å². The molecule has 8 heteroatoms. The smallest absolute Gasteiger partial charge is 0.263 e. The van der Waals surface area contributed by atoms with Crippen molar-refractivity contribution in [1.82, 2.24) is 5.01 Å². The van der Waals surface area contributed by atoms with Crippen molar-refractivity contribution in [3.05, 3.63) is 59.9 Å². The lowest BCUT2D eigenvalue weighted by Gasteiger charge is -2.20. The van der Waals surface area contributed by atoms with E-state index in [4.69, 9.17) is 4.74 Å². The van der Waals surface area contributed by atoms with Gasteiger partial charge in [-0.05, 0) is 48.4 Å². The quantitative estimate of drug-likeness (QED) is 0.760. The number of halogens is 1. The van der Waals surface area contributed by atoms with Gasteiger partial charge in [0, 0.05) is 6.54 Å². The molecule has 2 aromatic rings. The molecule has 0 N–H and O–H groups in total. The zero-order chi connectivity index (χ0) is 19.0. The van der Waals surface area contributed by atoms with E-state index in [1.165, 1.54) is 24.3 Å². The van der Waals surface area contributed by atoms with Gasteiger partial charge in [-0.2, -0.15) is 5.11 Å². The second kappa shape index (κ2) is 6.79. The van der Waals surface area contributed by atoms with Gasteiger partial charge in [0.2, 0.25) is 0 Å². The third-order valence-electron chi connectivity index (χ3n) is 4.73. The first-order valence-corrected chi connectivity index (χ1v) is 8.52. The number of anilines is 1. The van der Waals surface area contributed by atoms with E-state index in [1.54, 1.807) is 12.1 Å². The summed E-state index contributed by atoms with van der Waals surface area (Å²) in [6.45, 7) is 0.452. The summed E-state index contributed by atoms with van der Waals surface area (Å²) in [5.41, 5.74) is 1.40. The summed E-state index contributed by atoms with van der Waals surface area (Å²) in [7, 11) is 1.61.